The van der Waals surface area contributed by atoms with Crippen LogP contribution in [0.1, 0.15) is 30.5 Å². The molecule has 1 aromatic heterocycles. The number of aromatic nitrogens is 2. The van der Waals surface area contributed by atoms with E-state index in [1.54, 1.807) is 19.9 Å². The topological polar surface area (TPSA) is 76.5 Å². The number of carbonyl (C=O) groups excluding carboxylic acids is 1. The minimum Gasteiger partial charge on any atom is -0.463 e. The second-order valence-electron chi connectivity index (χ2n) is 5.29. The molecule has 1 unspecified atom stereocenters. The Kier molecular flexibility index (Phi) is 5.69. The molecular weight excluding hydrogens is 447 g/mol. The van der Waals surface area contributed by atoms with Gasteiger partial charge in [0.2, 0.25) is 4.47 Å². The summed E-state index contributed by atoms with van der Waals surface area (Å²) in [6.07, 6.45) is 0. The molecule has 1 aliphatic heterocycles. The Bertz CT molecular complexity index is 931. The van der Waals surface area contributed by atoms with Crippen LogP contribution in [0.15, 0.2) is 38.9 Å². The van der Waals surface area contributed by atoms with Crippen LogP contribution in [0.3, 0.4) is 0 Å². The molecule has 0 saturated carbocycles. The molecule has 0 amide bonds. The standard InChI is InChI=1S/C16H13BrClFN4O2S/c1-3-25-15(24)11-7(2)20-13(14-22-23-16(18)26-14)21-12(11)9-5-4-8(19)6-10(9)17/h4-6,12H,3H2,1-2H3,(H,20,21). The van der Waals surface area contributed by atoms with E-state index in [4.69, 9.17) is 16.3 Å². The fraction of sp³-hybridized carbons (Fsp3) is 0.250. The lowest BCUT2D eigenvalue weighted by atomic mass is 9.96. The van der Waals surface area contributed by atoms with Gasteiger partial charge >= 0.3 is 5.97 Å². The third-order valence-electron chi connectivity index (χ3n) is 3.60. The molecular formula is C16H13BrClFN4O2S. The number of aliphatic imine (C=N–C) groups is 1. The lowest BCUT2D eigenvalue weighted by Crippen LogP contribution is -2.33. The monoisotopic (exact) mass is 458 g/mol. The van der Waals surface area contributed by atoms with Gasteiger partial charge in [-0.25, -0.2) is 9.18 Å². The van der Waals surface area contributed by atoms with Crippen molar-refractivity contribution in [2.24, 2.45) is 4.99 Å². The van der Waals surface area contributed by atoms with Crippen molar-refractivity contribution in [1.29, 1.82) is 0 Å². The SMILES string of the molecule is CCOC(=O)C1=C(C)NC(c2nnc(Cl)s2)=NC1c1ccc(F)cc1Br. The Hall–Kier alpha value is -1.84. The maximum absolute atomic E-state index is 13.5. The van der Waals surface area contributed by atoms with Crippen LogP contribution in [0.5, 0.6) is 0 Å². The number of amidine groups is 1. The average Bonchev–Trinajstić information content (AvgIpc) is 3.01. The number of nitrogens with zero attached hydrogens (tertiary/aromatic N) is 3. The summed E-state index contributed by atoms with van der Waals surface area (Å²) in [5, 5.41) is 11.3. The number of allylic oxidation sites excluding steroid dienone is 1. The van der Waals surface area contributed by atoms with Crippen molar-refractivity contribution in [2.45, 2.75) is 19.9 Å². The molecule has 10 heteroatoms. The normalized spacial score (nSPS) is 17.0. The Morgan fingerprint density at radius 3 is 2.85 bits per heavy atom. The first-order chi connectivity index (χ1) is 12.4. The molecule has 1 atom stereocenters. The molecule has 136 valence electrons. The minimum absolute atomic E-state index is 0.232. The van der Waals surface area contributed by atoms with Crippen molar-refractivity contribution < 1.29 is 13.9 Å². The van der Waals surface area contributed by atoms with Crippen LogP contribution in [-0.4, -0.2) is 28.6 Å². The number of carbonyl (C=O) groups is 1. The number of hydrogen-bond donors (Lipinski definition) is 1. The predicted octanol–water partition coefficient (Wildman–Crippen LogP) is 4.02. The maximum atomic E-state index is 13.5. The zero-order chi connectivity index (χ0) is 18.8. The molecule has 0 aliphatic carbocycles. The summed E-state index contributed by atoms with van der Waals surface area (Å²) in [4.78, 5) is 17.1. The number of halogens is 3. The quantitative estimate of drug-likeness (QED) is 0.699. The van der Waals surface area contributed by atoms with Gasteiger partial charge in [0, 0.05) is 10.2 Å². The van der Waals surface area contributed by atoms with E-state index in [1.807, 2.05) is 0 Å². The molecule has 2 aromatic rings. The van der Waals surface area contributed by atoms with E-state index in [2.05, 4.69) is 36.4 Å². The highest BCUT2D eigenvalue weighted by molar-refractivity contribution is 9.10. The van der Waals surface area contributed by atoms with Crippen LogP contribution in [0.4, 0.5) is 4.39 Å². The van der Waals surface area contributed by atoms with Gasteiger partial charge in [-0.1, -0.05) is 33.3 Å². The Balaban J connectivity index is 2.12. The van der Waals surface area contributed by atoms with Crippen molar-refractivity contribution in [3.8, 4) is 0 Å². The van der Waals surface area contributed by atoms with Crippen LogP contribution in [0.2, 0.25) is 4.47 Å². The van der Waals surface area contributed by atoms with Gasteiger partial charge in [-0.15, -0.1) is 10.2 Å². The van der Waals surface area contributed by atoms with Crippen LogP contribution >= 0.6 is 38.9 Å². The van der Waals surface area contributed by atoms with Gasteiger partial charge in [-0.3, -0.25) is 4.99 Å². The molecule has 0 saturated heterocycles. The van der Waals surface area contributed by atoms with Gasteiger partial charge in [-0.05, 0) is 43.1 Å². The number of ether oxygens (including phenoxy) is 1. The zero-order valence-corrected chi connectivity index (χ0v) is 16.9. The summed E-state index contributed by atoms with van der Waals surface area (Å²) in [5.74, 6) is -0.453. The van der Waals surface area contributed by atoms with E-state index in [0.29, 0.717) is 32.1 Å². The predicted molar refractivity (Wildman–Crippen MR) is 101 cm³/mol. The smallest absolute Gasteiger partial charge is 0.338 e. The summed E-state index contributed by atoms with van der Waals surface area (Å²) in [6.45, 7) is 3.70. The molecule has 0 radical (unpaired) electrons. The van der Waals surface area contributed by atoms with Crippen LogP contribution in [-0.2, 0) is 9.53 Å². The van der Waals surface area contributed by atoms with E-state index in [9.17, 15) is 9.18 Å². The second kappa shape index (κ2) is 7.81. The second-order valence-corrected chi connectivity index (χ2v) is 7.70. The first-order valence-corrected chi connectivity index (χ1v) is 9.56. The lowest BCUT2D eigenvalue weighted by molar-refractivity contribution is -0.138. The maximum Gasteiger partial charge on any atom is 0.338 e. The largest absolute Gasteiger partial charge is 0.463 e. The first-order valence-electron chi connectivity index (χ1n) is 7.57. The molecule has 3 rings (SSSR count). The lowest BCUT2D eigenvalue weighted by Gasteiger charge is -2.25. The van der Waals surface area contributed by atoms with Gasteiger partial charge in [0.1, 0.15) is 11.9 Å². The van der Waals surface area contributed by atoms with E-state index in [0.717, 1.165) is 11.3 Å². The fourth-order valence-corrected chi connectivity index (χ4v) is 3.86. The van der Waals surface area contributed by atoms with E-state index in [1.165, 1.54) is 12.1 Å². The molecule has 6 nitrogen and oxygen atoms in total. The Morgan fingerprint density at radius 1 is 1.46 bits per heavy atom. The van der Waals surface area contributed by atoms with E-state index < -0.39 is 17.8 Å². The molecule has 0 spiro atoms. The van der Waals surface area contributed by atoms with Crippen molar-refractivity contribution in [3.05, 3.63) is 54.8 Å². The molecule has 0 fully saturated rings. The van der Waals surface area contributed by atoms with Gasteiger partial charge in [-0.2, -0.15) is 0 Å². The molecule has 1 aliphatic rings. The van der Waals surface area contributed by atoms with Gasteiger partial charge in [0.05, 0.1) is 12.2 Å². The summed E-state index contributed by atoms with van der Waals surface area (Å²) in [5.41, 5.74) is 1.54. The van der Waals surface area contributed by atoms with Crippen LogP contribution < -0.4 is 5.32 Å². The fourth-order valence-electron chi connectivity index (χ4n) is 2.51. The minimum atomic E-state index is -0.692. The Morgan fingerprint density at radius 2 is 2.23 bits per heavy atom. The number of hydrogen-bond acceptors (Lipinski definition) is 7. The van der Waals surface area contributed by atoms with Gasteiger partial charge in [0.15, 0.2) is 10.8 Å². The molecule has 1 N–H and O–H groups in total. The van der Waals surface area contributed by atoms with Crippen molar-refractivity contribution in [2.75, 3.05) is 6.61 Å². The molecule has 26 heavy (non-hydrogen) atoms. The van der Waals surface area contributed by atoms with Crippen molar-refractivity contribution >= 4 is 50.7 Å². The van der Waals surface area contributed by atoms with Gasteiger partial charge in [0.25, 0.3) is 0 Å². The highest BCUT2D eigenvalue weighted by Gasteiger charge is 2.32. The first kappa shape index (κ1) is 18.9. The van der Waals surface area contributed by atoms with Crippen molar-refractivity contribution in [1.82, 2.24) is 15.5 Å². The van der Waals surface area contributed by atoms with Gasteiger partial charge < -0.3 is 10.1 Å². The van der Waals surface area contributed by atoms with Crippen LogP contribution in [0.25, 0.3) is 0 Å². The summed E-state index contributed by atoms with van der Waals surface area (Å²) < 4.78 is 19.4. The Labute approximate surface area is 166 Å². The summed E-state index contributed by atoms with van der Waals surface area (Å²) in [7, 11) is 0. The zero-order valence-electron chi connectivity index (χ0n) is 13.7. The highest BCUT2D eigenvalue weighted by atomic mass is 79.9. The highest BCUT2D eigenvalue weighted by Crippen LogP contribution is 2.36. The molecule has 0 bridgehead atoms. The summed E-state index contributed by atoms with van der Waals surface area (Å²) >= 11 is 10.4. The van der Waals surface area contributed by atoms with E-state index in [-0.39, 0.29) is 11.1 Å². The summed E-state index contributed by atoms with van der Waals surface area (Å²) in [6, 6.07) is 3.53. The number of esters is 1. The van der Waals surface area contributed by atoms with Crippen molar-refractivity contribution in [3.63, 3.8) is 0 Å². The molecule has 1 aromatic carbocycles. The number of rotatable bonds is 4. The third-order valence-corrected chi connectivity index (χ3v) is 5.31. The van der Waals surface area contributed by atoms with E-state index >= 15 is 0 Å². The van der Waals surface area contributed by atoms with Crippen LogP contribution in [0, 0.1) is 5.82 Å². The molecule has 2 heterocycles. The number of benzene rings is 1. The average molecular weight is 460 g/mol. The third kappa shape index (κ3) is 3.79. The number of nitrogens with one attached hydrogen (secondary N) is 1.